The SMILES string of the molecule is C[C@]12O[C@](CCn3cc(Cl)cc(Cl)c3=O)(C[C@@H]1O)c1c2c(O)n(-c2ccc(C#N)c3ccccc23)c1O. The number of halogens is 2. The Bertz CT molecular complexity index is 1720. The van der Waals surface area contributed by atoms with Gasteiger partial charge in [-0.25, -0.2) is 0 Å². The number of hydrogen-bond acceptors (Lipinski definition) is 6. The maximum absolute atomic E-state index is 12.6. The topological polar surface area (TPSA) is 121 Å². The zero-order chi connectivity index (χ0) is 26.3. The zero-order valence-electron chi connectivity index (χ0n) is 19.6. The van der Waals surface area contributed by atoms with E-state index in [1.54, 1.807) is 25.1 Å². The highest BCUT2D eigenvalue weighted by molar-refractivity contribution is 6.34. The summed E-state index contributed by atoms with van der Waals surface area (Å²) in [6, 6.07) is 14.1. The molecule has 37 heavy (non-hydrogen) atoms. The fourth-order valence-electron chi connectivity index (χ4n) is 5.96. The quantitative estimate of drug-likeness (QED) is 0.347. The third-order valence-electron chi connectivity index (χ3n) is 7.67. The molecule has 2 aliphatic heterocycles. The highest BCUT2D eigenvalue weighted by Crippen LogP contribution is 2.65. The molecule has 0 saturated carbocycles. The maximum Gasteiger partial charge on any atom is 0.269 e. The molecule has 0 aliphatic carbocycles. The number of aliphatic hydroxyl groups excluding tert-OH is 1. The van der Waals surface area contributed by atoms with E-state index in [2.05, 4.69) is 6.07 Å². The molecule has 10 heteroatoms. The molecule has 0 unspecified atom stereocenters. The predicted octanol–water partition coefficient (Wildman–Crippen LogP) is 4.68. The number of benzene rings is 2. The number of aryl methyl sites for hydroxylation is 1. The van der Waals surface area contributed by atoms with E-state index in [9.17, 15) is 25.4 Å². The average Bonchev–Trinajstić information content (AvgIpc) is 3.41. The summed E-state index contributed by atoms with van der Waals surface area (Å²) in [5.74, 6) is -0.483. The number of aromatic nitrogens is 2. The lowest BCUT2D eigenvalue weighted by molar-refractivity contribution is -0.105. The summed E-state index contributed by atoms with van der Waals surface area (Å²) < 4.78 is 9.05. The molecule has 3 atom stereocenters. The van der Waals surface area contributed by atoms with Gasteiger partial charge in [0.05, 0.1) is 39.6 Å². The van der Waals surface area contributed by atoms with Gasteiger partial charge in [0, 0.05) is 29.9 Å². The summed E-state index contributed by atoms with van der Waals surface area (Å²) in [4.78, 5) is 12.6. The van der Waals surface area contributed by atoms with Gasteiger partial charge in [0.15, 0.2) is 0 Å². The van der Waals surface area contributed by atoms with E-state index in [-0.39, 0.29) is 36.2 Å². The normalized spacial score (nSPS) is 23.9. The van der Waals surface area contributed by atoms with Crippen LogP contribution in [0.5, 0.6) is 11.8 Å². The van der Waals surface area contributed by atoms with E-state index in [1.807, 2.05) is 18.2 Å². The Hall–Kier alpha value is -3.48. The van der Waals surface area contributed by atoms with E-state index in [4.69, 9.17) is 27.9 Å². The zero-order valence-corrected chi connectivity index (χ0v) is 21.1. The van der Waals surface area contributed by atoms with Gasteiger partial charge < -0.3 is 24.6 Å². The molecule has 1 fully saturated rings. The van der Waals surface area contributed by atoms with Gasteiger partial charge in [0.2, 0.25) is 11.8 Å². The van der Waals surface area contributed by atoms with Crippen molar-refractivity contribution in [3.8, 4) is 23.5 Å². The van der Waals surface area contributed by atoms with Crippen LogP contribution in [0.4, 0.5) is 0 Å². The number of rotatable bonds is 4. The molecular weight excluding hydrogens is 517 g/mol. The molecule has 0 radical (unpaired) electrons. The van der Waals surface area contributed by atoms with Crippen LogP contribution in [0.2, 0.25) is 10.0 Å². The predicted molar refractivity (Wildman–Crippen MR) is 137 cm³/mol. The molecule has 4 aromatic rings. The number of aromatic hydroxyl groups is 2. The molecule has 2 aliphatic rings. The van der Waals surface area contributed by atoms with Crippen molar-refractivity contribution in [2.75, 3.05) is 0 Å². The van der Waals surface area contributed by atoms with E-state index < -0.39 is 22.9 Å². The van der Waals surface area contributed by atoms with Crippen molar-refractivity contribution < 1.29 is 20.1 Å². The maximum atomic E-state index is 12.6. The first kappa shape index (κ1) is 23.9. The van der Waals surface area contributed by atoms with Crippen LogP contribution in [0, 0.1) is 11.3 Å². The number of hydrogen-bond donors (Lipinski definition) is 3. The number of fused-ring (bicyclic) bond motifs is 6. The van der Waals surface area contributed by atoms with Crippen LogP contribution in [0.15, 0.2) is 53.5 Å². The van der Waals surface area contributed by atoms with E-state index in [0.29, 0.717) is 38.2 Å². The average molecular weight is 538 g/mol. The highest BCUT2D eigenvalue weighted by atomic mass is 35.5. The van der Waals surface area contributed by atoms with Gasteiger partial charge in [-0.05, 0) is 31.5 Å². The van der Waals surface area contributed by atoms with Gasteiger partial charge in [0.25, 0.3) is 5.56 Å². The number of aliphatic hydroxyl groups is 1. The Labute approximate surface area is 221 Å². The van der Waals surface area contributed by atoms with Crippen molar-refractivity contribution in [3.63, 3.8) is 0 Å². The van der Waals surface area contributed by atoms with Crippen LogP contribution in [0.3, 0.4) is 0 Å². The Morgan fingerprint density at radius 2 is 1.84 bits per heavy atom. The molecule has 2 bridgehead atoms. The molecule has 0 amide bonds. The minimum Gasteiger partial charge on any atom is -0.494 e. The van der Waals surface area contributed by atoms with E-state index >= 15 is 0 Å². The fourth-order valence-corrected chi connectivity index (χ4v) is 6.47. The fraction of sp³-hybridized carbons (Fsp3) is 0.259. The Morgan fingerprint density at radius 1 is 1.14 bits per heavy atom. The number of ether oxygens (including phenoxy) is 1. The lowest BCUT2D eigenvalue weighted by Gasteiger charge is -2.27. The molecule has 4 heterocycles. The minimum atomic E-state index is -1.28. The van der Waals surface area contributed by atoms with Crippen molar-refractivity contribution in [1.82, 2.24) is 9.13 Å². The first-order chi connectivity index (χ1) is 17.6. The Balaban J connectivity index is 1.52. The summed E-state index contributed by atoms with van der Waals surface area (Å²) >= 11 is 12.1. The van der Waals surface area contributed by atoms with Gasteiger partial charge in [-0.3, -0.25) is 9.36 Å². The second kappa shape index (κ2) is 8.01. The second-order valence-corrected chi connectivity index (χ2v) is 10.5. The summed E-state index contributed by atoms with van der Waals surface area (Å²) in [5.41, 5.74) is -1.26. The van der Waals surface area contributed by atoms with Crippen LogP contribution < -0.4 is 5.56 Å². The van der Waals surface area contributed by atoms with Crippen LogP contribution in [-0.2, 0) is 22.5 Å². The minimum absolute atomic E-state index is 0.0198. The van der Waals surface area contributed by atoms with Crippen molar-refractivity contribution in [2.45, 2.75) is 43.6 Å². The summed E-state index contributed by atoms with van der Waals surface area (Å²) in [6.45, 7) is 1.82. The van der Waals surface area contributed by atoms with Crippen molar-refractivity contribution in [2.24, 2.45) is 0 Å². The highest BCUT2D eigenvalue weighted by Gasteiger charge is 2.66. The first-order valence-corrected chi connectivity index (χ1v) is 12.4. The van der Waals surface area contributed by atoms with Crippen LogP contribution >= 0.6 is 23.2 Å². The van der Waals surface area contributed by atoms with Crippen molar-refractivity contribution in [1.29, 1.82) is 5.26 Å². The summed E-state index contributed by atoms with van der Waals surface area (Å²) in [7, 11) is 0. The van der Waals surface area contributed by atoms with E-state index in [1.165, 1.54) is 21.4 Å². The molecule has 2 aromatic heterocycles. The van der Waals surface area contributed by atoms with Gasteiger partial charge in [-0.1, -0.05) is 47.5 Å². The number of nitriles is 1. The monoisotopic (exact) mass is 537 g/mol. The summed E-state index contributed by atoms with van der Waals surface area (Å²) in [5, 5.41) is 45.2. The molecular formula is C27H21Cl2N3O5. The molecule has 3 N–H and O–H groups in total. The molecule has 6 rings (SSSR count). The first-order valence-electron chi connectivity index (χ1n) is 11.6. The standard InChI is InChI=1S/C27H21Cl2N3O5/c1-26-20(33)11-27(37-26,8-9-31-13-15(28)10-18(29)23(31)34)22-21(26)24(35)32(25(22)36)19-7-6-14(12-30)16-4-2-3-5-17(16)19/h2-7,10,13,20,33,35-36H,8-9,11H2,1H3/t20-,26-,27+/m0/s1. The molecule has 0 spiro atoms. The Morgan fingerprint density at radius 3 is 2.57 bits per heavy atom. The largest absolute Gasteiger partial charge is 0.494 e. The summed E-state index contributed by atoms with van der Waals surface area (Å²) in [6.07, 6.45) is 0.871. The lowest BCUT2D eigenvalue weighted by atomic mass is 9.76. The number of nitrogens with zero attached hydrogens (tertiary/aromatic N) is 3. The third-order valence-corrected chi connectivity index (χ3v) is 8.14. The number of pyridine rings is 1. The van der Waals surface area contributed by atoms with Gasteiger partial charge in [-0.2, -0.15) is 5.26 Å². The third kappa shape index (κ3) is 3.19. The van der Waals surface area contributed by atoms with Crippen LogP contribution in [0.25, 0.3) is 16.5 Å². The van der Waals surface area contributed by atoms with Gasteiger partial charge >= 0.3 is 0 Å². The van der Waals surface area contributed by atoms with Crippen molar-refractivity contribution >= 4 is 34.0 Å². The Kier molecular flexibility index (Phi) is 5.17. The molecule has 1 saturated heterocycles. The van der Waals surface area contributed by atoms with Crippen molar-refractivity contribution in [3.05, 3.63) is 85.8 Å². The van der Waals surface area contributed by atoms with Gasteiger partial charge in [0.1, 0.15) is 16.2 Å². The second-order valence-electron chi connectivity index (χ2n) is 9.70. The smallest absolute Gasteiger partial charge is 0.269 e. The molecule has 188 valence electrons. The van der Waals surface area contributed by atoms with Crippen LogP contribution in [0.1, 0.15) is 36.5 Å². The lowest BCUT2D eigenvalue weighted by Crippen LogP contribution is -2.33. The molecule has 2 aromatic carbocycles. The van der Waals surface area contributed by atoms with E-state index in [0.717, 1.165) is 0 Å². The molecule has 8 nitrogen and oxygen atoms in total. The van der Waals surface area contributed by atoms with Crippen LogP contribution in [-0.4, -0.2) is 30.6 Å². The van der Waals surface area contributed by atoms with Gasteiger partial charge in [-0.15, -0.1) is 0 Å².